The maximum Gasteiger partial charge on any atom is 0.416 e. The number of aromatic nitrogens is 2. The number of piperidine rings is 2. The molecule has 6 nitrogen and oxygen atoms in total. The van der Waals surface area contributed by atoms with Crippen LogP contribution < -0.4 is 9.80 Å². The van der Waals surface area contributed by atoms with Crippen LogP contribution in [-0.2, 0) is 19.1 Å². The molecule has 3 aliphatic heterocycles. The molecular formula is C27H34F3N5O. The van der Waals surface area contributed by atoms with Gasteiger partial charge in [0.15, 0.2) is 0 Å². The Bertz CT molecular complexity index is 1090. The van der Waals surface area contributed by atoms with Gasteiger partial charge in [0.2, 0.25) is 5.95 Å². The molecule has 0 spiro atoms. The van der Waals surface area contributed by atoms with Crippen molar-refractivity contribution >= 4 is 17.7 Å². The third-order valence-electron chi connectivity index (χ3n) is 7.92. The largest absolute Gasteiger partial charge is 0.416 e. The van der Waals surface area contributed by atoms with Gasteiger partial charge in [-0.15, -0.1) is 0 Å². The van der Waals surface area contributed by atoms with E-state index in [0.29, 0.717) is 31.3 Å². The molecule has 0 radical (unpaired) electrons. The molecule has 2 saturated heterocycles. The zero-order chi connectivity index (χ0) is 25.4. The summed E-state index contributed by atoms with van der Waals surface area (Å²) in [6, 6.07) is 4.48. The number of carbonyl (C=O) groups excluding carboxylic acids is 1. The van der Waals surface area contributed by atoms with Crippen LogP contribution in [0.25, 0.3) is 0 Å². The summed E-state index contributed by atoms with van der Waals surface area (Å²) in [6.07, 6.45) is 0.651. The minimum atomic E-state index is -4.42. The van der Waals surface area contributed by atoms with Crippen LogP contribution in [0.2, 0.25) is 0 Å². The summed E-state index contributed by atoms with van der Waals surface area (Å²) in [4.78, 5) is 29.6. The van der Waals surface area contributed by atoms with Crippen LogP contribution in [0.5, 0.6) is 0 Å². The van der Waals surface area contributed by atoms with Crippen molar-refractivity contribution in [3.05, 3.63) is 46.6 Å². The average molecular weight is 502 g/mol. The molecule has 0 saturated carbocycles. The van der Waals surface area contributed by atoms with Gasteiger partial charge in [0, 0.05) is 50.3 Å². The summed E-state index contributed by atoms with van der Waals surface area (Å²) in [5.74, 6) is 2.84. The molecular weight excluding hydrogens is 467 g/mol. The van der Waals surface area contributed by atoms with Crippen molar-refractivity contribution in [1.82, 2.24) is 14.9 Å². The Morgan fingerprint density at radius 3 is 2.03 bits per heavy atom. The number of amides is 1. The second-order valence-corrected chi connectivity index (χ2v) is 10.7. The Kier molecular flexibility index (Phi) is 6.83. The molecule has 0 bridgehead atoms. The molecule has 194 valence electrons. The van der Waals surface area contributed by atoms with Crippen LogP contribution in [-0.4, -0.2) is 53.5 Å². The number of fused-ring (bicyclic) bond motifs is 1. The molecule has 4 heterocycles. The van der Waals surface area contributed by atoms with Crippen LogP contribution in [0.3, 0.4) is 0 Å². The fraction of sp³-hybridized carbons (Fsp3) is 0.593. The lowest BCUT2D eigenvalue weighted by molar-refractivity contribution is -0.137. The standard InChI is InChI=1S/C27H34F3N5O/c1-18-7-12-33(13-8-18)24-22-17-35(25(36)20-3-5-21(6-4-20)27(28,29)30)16-11-23(22)31-26(32-24)34-14-9-19(2)10-15-34/h3-6,18-19H,7-17H2,1-2H3. The Morgan fingerprint density at radius 2 is 1.44 bits per heavy atom. The lowest BCUT2D eigenvalue weighted by Gasteiger charge is -2.37. The summed E-state index contributed by atoms with van der Waals surface area (Å²) in [5.41, 5.74) is 1.48. The quantitative estimate of drug-likeness (QED) is 0.581. The van der Waals surface area contributed by atoms with Crippen LogP contribution in [0.1, 0.15) is 66.7 Å². The number of hydrogen-bond acceptors (Lipinski definition) is 5. The first-order valence-corrected chi connectivity index (χ1v) is 13.0. The second-order valence-electron chi connectivity index (χ2n) is 10.7. The Morgan fingerprint density at radius 1 is 0.861 bits per heavy atom. The first-order valence-electron chi connectivity index (χ1n) is 13.0. The number of anilines is 2. The normalized spacial score (nSPS) is 20.0. The van der Waals surface area contributed by atoms with Crippen LogP contribution >= 0.6 is 0 Å². The summed E-state index contributed by atoms with van der Waals surface area (Å²) in [6.45, 7) is 9.17. The highest BCUT2D eigenvalue weighted by Crippen LogP contribution is 2.34. The zero-order valence-corrected chi connectivity index (χ0v) is 21.0. The van der Waals surface area contributed by atoms with Crippen molar-refractivity contribution < 1.29 is 18.0 Å². The SMILES string of the molecule is CC1CCN(c2nc3c(c(N4CCC(C)CC4)n2)CN(C(=O)c2ccc(C(F)(F)F)cc2)CC3)CC1. The average Bonchev–Trinajstić information content (AvgIpc) is 2.88. The van der Waals surface area contributed by atoms with E-state index in [-0.39, 0.29) is 11.5 Å². The summed E-state index contributed by atoms with van der Waals surface area (Å²) < 4.78 is 38.9. The fourth-order valence-electron chi connectivity index (χ4n) is 5.37. The minimum Gasteiger partial charge on any atom is -0.356 e. The first kappa shape index (κ1) is 24.8. The van der Waals surface area contributed by atoms with Gasteiger partial charge >= 0.3 is 6.18 Å². The van der Waals surface area contributed by atoms with E-state index in [1.165, 1.54) is 12.1 Å². The van der Waals surface area contributed by atoms with Gasteiger partial charge in [-0.2, -0.15) is 18.2 Å². The van der Waals surface area contributed by atoms with Gasteiger partial charge in [-0.25, -0.2) is 4.98 Å². The molecule has 3 aliphatic rings. The number of carbonyl (C=O) groups is 1. The van der Waals surface area contributed by atoms with Crippen molar-refractivity contribution in [2.45, 2.75) is 58.7 Å². The Balaban J connectivity index is 1.42. The maximum absolute atomic E-state index is 13.2. The molecule has 1 aromatic heterocycles. The van der Waals surface area contributed by atoms with Crippen molar-refractivity contribution in [3.8, 4) is 0 Å². The topological polar surface area (TPSA) is 52.6 Å². The van der Waals surface area contributed by atoms with Gasteiger partial charge in [-0.3, -0.25) is 4.79 Å². The van der Waals surface area contributed by atoms with E-state index in [9.17, 15) is 18.0 Å². The summed E-state index contributed by atoms with van der Waals surface area (Å²) >= 11 is 0. The van der Waals surface area contributed by atoms with E-state index in [1.54, 1.807) is 4.90 Å². The van der Waals surface area contributed by atoms with E-state index in [0.717, 1.165) is 87.0 Å². The lowest BCUT2D eigenvalue weighted by Crippen LogP contribution is -2.41. The predicted octanol–water partition coefficient (Wildman–Crippen LogP) is 5.17. The molecule has 0 atom stereocenters. The van der Waals surface area contributed by atoms with E-state index >= 15 is 0 Å². The van der Waals surface area contributed by atoms with Crippen molar-refractivity contribution in [2.75, 3.05) is 42.5 Å². The third-order valence-corrected chi connectivity index (χ3v) is 7.92. The fourth-order valence-corrected chi connectivity index (χ4v) is 5.37. The van der Waals surface area contributed by atoms with Crippen molar-refractivity contribution in [2.24, 2.45) is 11.8 Å². The smallest absolute Gasteiger partial charge is 0.356 e. The monoisotopic (exact) mass is 501 g/mol. The number of halogens is 3. The molecule has 5 rings (SSSR count). The molecule has 0 aliphatic carbocycles. The number of hydrogen-bond donors (Lipinski definition) is 0. The maximum atomic E-state index is 13.2. The molecule has 0 N–H and O–H groups in total. The molecule has 1 aromatic carbocycles. The van der Waals surface area contributed by atoms with Crippen LogP contribution in [0, 0.1) is 11.8 Å². The van der Waals surface area contributed by atoms with E-state index < -0.39 is 11.7 Å². The van der Waals surface area contributed by atoms with Gasteiger partial charge in [0.25, 0.3) is 5.91 Å². The molecule has 2 aromatic rings. The molecule has 36 heavy (non-hydrogen) atoms. The highest BCUT2D eigenvalue weighted by Gasteiger charge is 2.33. The van der Waals surface area contributed by atoms with Crippen LogP contribution in [0.4, 0.5) is 24.9 Å². The highest BCUT2D eigenvalue weighted by molar-refractivity contribution is 5.94. The highest BCUT2D eigenvalue weighted by atomic mass is 19.4. The van der Waals surface area contributed by atoms with E-state index in [2.05, 4.69) is 23.6 Å². The molecule has 0 unspecified atom stereocenters. The zero-order valence-electron chi connectivity index (χ0n) is 21.0. The number of nitrogens with zero attached hydrogens (tertiary/aromatic N) is 5. The number of rotatable bonds is 3. The molecule has 1 amide bonds. The van der Waals surface area contributed by atoms with Crippen molar-refractivity contribution in [1.29, 1.82) is 0 Å². The molecule has 2 fully saturated rings. The second kappa shape index (κ2) is 9.90. The van der Waals surface area contributed by atoms with Gasteiger partial charge in [0.1, 0.15) is 5.82 Å². The van der Waals surface area contributed by atoms with Gasteiger partial charge in [-0.1, -0.05) is 13.8 Å². The number of benzene rings is 1. The van der Waals surface area contributed by atoms with E-state index in [4.69, 9.17) is 9.97 Å². The first-order chi connectivity index (χ1) is 17.2. The predicted molar refractivity (Wildman–Crippen MR) is 133 cm³/mol. The third kappa shape index (κ3) is 5.15. The lowest BCUT2D eigenvalue weighted by atomic mass is 9.97. The molecule has 9 heteroatoms. The van der Waals surface area contributed by atoms with Gasteiger partial charge in [-0.05, 0) is 61.8 Å². The van der Waals surface area contributed by atoms with E-state index in [1.807, 2.05) is 0 Å². The summed E-state index contributed by atoms with van der Waals surface area (Å²) in [7, 11) is 0. The number of alkyl halides is 3. The Hall–Kier alpha value is -2.84. The van der Waals surface area contributed by atoms with Gasteiger partial charge in [0.05, 0.1) is 17.8 Å². The Labute approximate surface area is 210 Å². The minimum absolute atomic E-state index is 0.262. The van der Waals surface area contributed by atoms with Crippen molar-refractivity contribution in [3.63, 3.8) is 0 Å². The van der Waals surface area contributed by atoms with Gasteiger partial charge < -0.3 is 14.7 Å². The van der Waals surface area contributed by atoms with Crippen LogP contribution in [0.15, 0.2) is 24.3 Å². The summed E-state index contributed by atoms with van der Waals surface area (Å²) in [5, 5.41) is 0.